The molecule has 0 spiro atoms. The Bertz CT molecular complexity index is 382. The van der Waals surface area contributed by atoms with E-state index in [0.29, 0.717) is 18.7 Å². The lowest BCUT2D eigenvalue weighted by atomic mass is 9.88. The highest BCUT2D eigenvalue weighted by molar-refractivity contribution is 5.37. The first-order chi connectivity index (χ1) is 8.50. The fourth-order valence-corrected chi connectivity index (χ4v) is 1.75. The smallest absolute Gasteiger partial charge is 0.186 e. The molecule has 0 unspecified atom stereocenters. The molecule has 1 rings (SSSR count). The molecule has 0 atom stereocenters. The minimum Gasteiger partial charge on any atom is -0.396 e. The van der Waals surface area contributed by atoms with Crippen molar-refractivity contribution in [3.8, 4) is 0 Å². The topological polar surface area (TPSA) is 58.0 Å². The van der Waals surface area contributed by atoms with Crippen LogP contribution in [-0.4, -0.2) is 28.2 Å². The molecule has 2 N–H and O–H groups in total. The van der Waals surface area contributed by atoms with Crippen LogP contribution in [0.15, 0.2) is 6.33 Å². The summed E-state index contributed by atoms with van der Waals surface area (Å²) in [4.78, 5) is 7.82. The van der Waals surface area contributed by atoms with Gasteiger partial charge in [0, 0.05) is 13.2 Å². The summed E-state index contributed by atoms with van der Waals surface area (Å²) in [6.07, 6.45) is 3.56. The maximum absolute atomic E-state index is 13.9. The quantitative estimate of drug-likeness (QED) is 0.785. The first kappa shape index (κ1) is 14.8. The van der Waals surface area contributed by atoms with E-state index in [4.69, 9.17) is 5.11 Å². The molecule has 4 nitrogen and oxygen atoms in total. The highest BCUT2D eigenvalue weighted by Crippen LogP contribution is 2.23. The zero-order valence-electron chi connectivity index (χ0n) is 11.3. The molecule has 0 bridgehead atoms. The van der Waals surface area contributed by atoms with Gasteiger partial charge in [-0.2, -0.15) is 0 Å². The van der Waals surface area contributed by atoms with Crippen molar-refractivity contribution in [1.82, 2.24) is 9.97 Å². The SMILES string of the molecule is CCc1ncnc(NCC(C)(C)CCCO)c1F. The van der Waals surface area contributed by atoms with E-state index >= 15 is 0 Å². The molecule has 0 saturated carbocycles. The van der Waals surface area contributed by atoms with Crippen molar-refractivity contribution < 1.29 is 9.50 Å². The Morgan fingerprint density at radius 2 is 2.11 bits per heavy atom. The summed E-state index contributed by atoms with van der Waals surface area (Å²) < 4.78 is 13.9. The van der Waals surface area contributed by atoms with Crippen molar-refractivity contribution in [3.05, 3.63) is 17.8 Å². The van der Waals surface area contributed by atoms with Gasteiger partial charge in [-0.3, -0.25) is 0 Å². The lowest BCUT2D eigenvalue weighted by Crippen LogP contribution is -2.24. The van der Waals surface area contributed by atoms with Gasteiger partial charge in [0.15, 0.2) is 11.6 Å². The van der Waals surface area contributed by atoms with E-state index in [1.807, 2.05) is 6.92 Å². The maximum atomic E-state index is 13.9. The Morgan fingerprint density at radius 1 is 1.39 bits per heavy atom. The van der Waals surface area contributed by atoms with Gasteiger partial charge in [0.05, 0.1) is 5.69 Å². The molecule has 0 amide bonds. The van der Waals surface area contributed by atoms with Gasteiger partial charge < -0.3 is 10.4 Å². The Kier molecular flexibility index (Phi) is 5.47. The Balaban J connectivity index is 2.63. The Morgan fingerprint density at radius 3 is 2.72 bits per heavy atom. The van der Waals surface area contributed by atoms with Gasteiger partial charge in [-0.25, -0.2) is 14.4 Å². The molecule has 5 heteroatoms. The lowest BCUT2D eigenvalue weighted by Gasteiger charge is -2.25. The molecular weight excluding hydrogens is 233 g/mol. The minimum absolute atomic E-state index is 0.00744. The second-order valence-electron chi connectivity index (χ2n) is 5.18. The van der Waals surface area contributed by atoms with Gasteiger partial charge >= 0.3 is 0 Å². The molecule has 0 radical (unpaired) electrons. The summed E-state index contributed by atoms with van der Waals surface area (Å²) in [5.41, 5.74) is 0.424. The monoisotopic (exact) mass is 255 g/mol. The number of hydrogen-bond acceptors (Lipinski definition) is 4. The number of aryl methyl sites for hydroxylation is 1. The molecule has 0 aliphatic rings. The first-order valence-electron chi connectivity index (χ1n) is 6.34. The van der Waals surface area contributed by atoms with E-state index in [9.17, 15) is 4.39 Å². The van der Waals surface area contributed by atoms with Crippen LogP contribution in [0, 0.1) is 11.2 Å². The normalized spacial score (nSPS) is 11.6. The number of anilines is 1. The van der Waals surface area contributed by atoms with Crippen LogP contribution in [-0.2, 0) is 6.42 Å². The summed E-state index contributed by atoms with van der Waals surface area (Å²) in [5.74, 6) is -0.100. The van der Waals surface area contributed by atoms with E-state index in [1.165, 1.54) is 6.33 Å². The number of hydrogen-bond donors (Lipinski definition) is 2. The molecule has 1 aromatic rings. The Labute approximate surface area is 108 Å². The van der Waals surface area contributed by atoms with Gasteiger partial charge in [0.1, 0.15) is 6.33 Å². The second kappa shape index (κ2) is 6.64. The van der Waals surface area contributed by atoms with Gasteiger partial charge in [0.2, 0.25) is 0 Å². The van der Waals surface area contributed by atoms with Gasteiger partial charge in [-0.05, 0) is 24.7 Å². The first-order valence-corrected chi connectivity index (χ1v) is 6.34. The highest BCUT2D eigenvalue weighted by atomic mass is 19.1. The summed E-state index contributed by atoms with van der Waals surface area (Å²) in [7, 11) is 0. The predicted octanol–water partition coefficient (Wildman–Crippen LogP) is 2.39. The van der Waals surface area contributed by atoms with Gasteiger partial charge in [0.25, 0.3) is 0 Å². The molecule has 1 aromatic heterocycles. The van der Waals surface area contributed by atoms with Crippen molar-refractivity contribution >= 4 is 5.82 Å². The van der Waals surface area contributed by atoms with Crippen molar-refractivity contribution in [2.45, 2.75) is 40.0 Å². The van der Waals surface area contributed by atoms with Crippen LogP contribution in [0.25, 0.3) is 0 Å². The van der Waals surface area contributed by atoms with Crippen LogP contribution in [0.5, 0.6) is 0 Å². The largest absolute Gasteiger partial charge is 0.396 e. The van der Waals surface area contributed by atoms with Crippen molar-refractivity contribution in [2.24, 2.45) is 5.41 Å². The van der Waals surface area contributed by atoms with Crippen LogP contribution < -0.4 is 5.32 Å². The summed E-state index contributed by atoms with van der Waals surface area (Å²) >= 11 is 0. The molecule has 0 aliphatic heterocycles. The van der Waals surface area contributed by atoms with E-state index in [-0.39, 0.29) is 23.7 Å². The van der Waals surface area contributed by atoms with E-state index in [0.717, 1.165) is 12.8 Å². The number of aliphatic hydroxyl groups is 1. The number of aromatic nitrogens is 2. The molecule has 0 aliphatic carbocycles. The lowest BCUT2D eigenvalue weighted by molar-refractivity contribution is 0.247. The average Bonchev–Trinajstić information content (AvgIpc) is 2.35. The molecule has 1 heterocycles. The third kappa shape index (κ3) is 4.22. The standard InChI is InChI=1S/C13H22FN3O/c1-4-10-11(14)12(17-9-16-10)15-8-13(2,3)6-5-7-18/h9,18H,4-8H2,1-3H3,(H,15,16,17). The maximum Gasteiger partial charge on any atom is 0.186 e. The van der Waals surface area contributed by atoms with Gasteiger partial charge in [-0.1, -0.05) is 20.8 Å². The number of rotatable bonds is 7. The fourth-order valence-electron chi connectivity index (χ4n) is 1.75. The fraction of sp³-hybridized carbons (Fsp3) is 0.692. The van der Waals surface area contributed by atoms with E-state index < -0.39 is 0 Å². The summed E-state index contributed by atoms with van der Waals surface area (Å²) in [6.45, 7) is 6.82. The van der Waals surface area contributed by atoms with Crippen molar-refractivity contribution in [3.63, 3.8) is 0 Å². The molecule has 0 saturated heterocycles. The zero-order chi connectivity index (χ0) is 13.6. The average molecular weight is 255 g/mol. The number of aliphatic hydroxyl groups excluding tert-OH is 1. The number of nitrogens with zero attached hydrogens (tertiary/aromatic N) is 2. The second-order valence-corrected chi connectivity index (χ2v) is 5.18. The van der Waals surface area contributed by atoms with Crippen molar-refractivity contribution in [2.75, 3.05) is 18.5 Å². The van der Waals surface area contributed by atoms with Crippen LogP contribution in [0.2, 0.25) is 0 Å². The molecule has 18 heavy (non-hydrogen) atoms. The molecule has 0 fully saturated rings. The number of nitrogens with one attached hydrogen (secondary N) is 1. The third-order valence-electron chi connectivity index (χ3n) is 2.94. The van der Waals surface area contributed by atoms with Crippen LogP contribution in [0.1, 0.15) is 39.3 Å². The van der Waals surface area contributed by atoms with E-state index in [1.54, 1.807) is 0 Å². The molecule has 102 valence electrons. The van der Waals surface area contributed by atoms with Gasteiger partial charge in [-0.15, -0.1) is 0 Å². The summed E-state index contributed by atoms with van der Waals surface area (Å²) in [6, 6.07) is 0. The molecule has 0 aromatic carbocycles. The van der Waals surface area contributed by atoms with Crippen LogP contribution >= 0.6 is 0 Å². The number of halogens is 1. The Hall–Kier alpha value is -1.23. The minimum atomic E-state index is -0.363. The van der Waals surface area contributed by atoms with Crippen molar-refractivity contribution in [1.29, 1.82) is 0 Å². The third-order valence-corrected chi connectivity index (χ3v) is 2.94. The van der Waals surface area contributed by atoms with Crippen LogP contribution in [0.4, 0.5) is 10.2 Å². The molecular formula is C13H22FN3O. The van der Waals surface area contributed by atoms with E-state index in [2.05, 4.69) is 29.1 Å². The zero-order valence-corrected chi connectivity index (χ0v) is 11.3. The van der Waals surface area contributed by atoms with Crippen LogP contribution in [0.3, 0.4) is 0 Å². The predicted molar refractivity (Wildman–Crippen MR) is 70.0 cm³/mol. The summed E-state index contributed by atoms with van der Waals surface area (Å²) in [5, 5.41) is 11.9. The highest BCUT2D eigenvalue weighted by Gasteiger charge is 2.18.